The molecule has 9 heteroatoms. The molecule has 0 amide bonds. The number of H-pyrrole nitrogens is 1. The number of nitrogens with one attached hydrogen (secondary N) is 3. The number of aryl methyl sites for hydroxylation is 1. The quantitative estimate of drug-likeness (QED) is 0.0556. The first-order valence-corrected chi connectivity index (χ1v) is 17.4. The number of pyridine rings is 1. The number of rotatable bonds is 16. The minimum atomic E-state index is -0.825. The van der Waals surface area contributed by atoms with E-state index in [2.05, 4.69) is 45.9 Å². The average Bonchev–Trinajstić information content (AvgIpc) is 3.17. The van der Waals surface area contributed by atoms with E-state index in [0.29, 0.717) is 54.8 Å². The van der Waals surface area contributed by atoms with Gasteiger partial charge >= 0.3 is 5.97 Å². The van der Waals surface area contributed by atoms with Crippen molar-refractivity contribution in [2.24, 2.45) is 0 Å². The summed E-state index contributed by atoms with van der Waals surface area (Å²) in [6.45, 7) is 1.56. The number of esters is 1. The summed E-state index contributed by atoms with van der Waals surface area (Å²) >= 11 is 0. The Morgan fingerprint density at radius 1 is 0.808 bits per heavy atom. The maximum absolute atomic E-state index is 12.7. The third-order valence-corrected chi connectivity index (χ3v) is 9.01. The number of hydrogen-bond donors (Lipinski definition) is 5. The van der Waals surface area contributed by atoms with Gasteiger partial charge in [-0.15, -0.1) is 0 Å². The number of aliphatic hydroxyl groups is 1. The highest BCUT2D eigenvalue weighted by Gasteiger charge is 2.15. The van der Waals surface area contributed by atoms with E-state index >= 15 is 0 Å². The molecule has 0 fully saturated rings. The summed E-state index contributed by atoms with van der Waals surface area (Å²) in [5.41, 5.74) is 6.57. The van der Waals surface area contributed by atoms with E-state index in [9.17, 15) is 19.8 Å². The number of carbonyl (C=O) groups excluding carboxylic acids is 1. The predicted octanol–water partition coefficient (Wildman–Crippen LogP) is 6.73. The molecule has 0 bridgehead atoms. The number of phenolic OH excluding ortho intramolecular Hbond substituents is 1. The van der Waals surface area contributed by atoms with Crippen LogP contribution in [0.5, 0.6) is 11.5 Å². The molecule has 2 unspecified atom stereocenters. The highest BCUT2D eigenvalue weighted by atomic mass is 16.5. The second kappa shape index (κ2) is 17.5. The van der Waals surface area contributed by atoms with Gasteiger partial charge in [0.05, 0.1) is 29.8 Å². The first kappa shape index (κ1) is 36.1. The summed E-state index contributed by atoms with van der Waals surface area (Å²) in [6, 6.07) is 40.0. The zero-order valence-electron chi connectivity index (χ0n) is 29.0. The largest absolute Gasteiger partial charge is 0.506 e. The molecule has 2 atom stereocenters. The fourth-order valence-corrected chi connectivity index (χ4v) is 6.22. The van der Waals surface area contributed by atoms with E-state index in [0.717, 1.165) is 34.4 Å². The number of aromatic amines is 1. The summed E-state index contributed by atoms with van der Waals surface area (Å²) in [5.74, 6) is 0.389. The Balaban J connectivity index is 0.901. The molecule has 0 saturated carbocycles. The number of aromatic hydroxyl groups is 1. The van der Waals surface area contributed by atoms with E-state index < -0.39 is 6.10 Å². The van der Waals surface area contributed by atoms with E-state index in [1.54, 1.807) is 24.3 Å². The Morgan fingerprint density at radius 2 is 1.54 bits per heavy atom. The molecule has 52 heavy (non-hydrogen) atoms. The molecule has 0 aliphatic heterocycles. The van der Waals surface area contributed by atoms with Crippen LogP contribution >= 0.6 is 0 Å². The average molecular weight is 698 g/mol. The lowest BCUT2D eigenvalue weighted by molar-refractivity contribution is 0.0500. The van der Waals surface area contributed by atoms with Gasteiger partial charge in [-0.3, -0.25) is 4.79 Å². The second-order valence-corrected chi connectivity index (χ2v) is 12.7. The smallest absolute Gasteiger partial charge is 0.338 e. The SMILES string of the molecule is CNC(c1ccccc1)c1cccc(OCc2ccc(C(=O)OCCCc3ccc(CNCC(O)c4ccc(O)c5[nH]c(=O)ccc45)cc3)cc2)c1. The van der Waals surface area contributed by atoms with Crippen molar-refractivity contribution in [3.8, 4) is 11.5 Å². The van der Waals surface area contributed by atoms with E-state index in [4.69, 9.17) is 9.47 Å². The number of ether oxygens (including phenoxy) is 2. The van der Waals surface area contributed by atoms with Crippen LogP contribution in [0.15, 0.2) is 132 Å². The van der Waals surface area contributed by atoms with Crippen molar-refractivity contribution in [3.05, 3.63) is 177 Å². The van der Waals surface area contributed by atoms with Crippen LogP contribution in [0.2, 0.25) is 0 Å². The lowest BCUT2D eigenvalue weighted by Crippen LogP contribution is -2.21. The molecule has 9 nitrogen and oxygen atoms in total. The number of aromatic nitrogens is 1. The number of carbonyl (C=O) groups is 1. The second-order valence-electron chi connectivity index (χ2n) is 12.7. The van der Waals surface area contributed by atoms with Gasteiger partial charge in [0.2, 0.25) is 5.56 Å². The molecule has 0 aliphatic carbocycles. The topological polar surface area (TPSA) is 133 Å². The van der Waals surface area contributed by atoms with Gasteiger partial charge in [-0.25, -0.2) is 4.79 Å². The molecule has 6 aromatic rings. The van der Waals surface area contributed by atoms with Crippen molar-refractivity contribution in [2.75, 3.05) is 20.2 Å². The standard InChI is InChI=1S/C43H43N3O6/c1-44-41(32-8-3-2-4-9-32)34-10-5-11-35(25-34)52-28-31-16-18-33(19-17-31)43(50)51-24-6-7-29-12-14-30(15-13-29)26-45-27-39(48)36-20-22-38(47)42-37(36)21-23-40(49)46-42/h2-5,8-23,25,39,41,44-45,47-48H,6-7,24,26-28H2,1H3,(H,46,49). The molecule has 0 aliphatic rings. The van der Waals surface area contributed by atoms with Crippen molar-refractivity contribution in [1.82, 2.24) is 15.6 Å². The van der Waals surface area contributed by atoms with Gasteiger partial charge in [-0.05, 0) is 89.7 Å². The number of hydrogen-bond acceptors (Lipinski definition) is 8. The van der Waals surface area contributed by atoms with Crippen molar-refractivity contribution in [2.45, 2.75) is 38.1 Å². The van der Waals surface area contributed by atoms with Crippen LogP contribution in [0.3, 0.4) is 0 Å². The van der Waals surface area contributed by atoms with Crippen molar-refractivity contribution in [3.63, 3.8) is 0 Å². The van der Waals surface area contributed by atoms with Crippen LogP contribution in [0.1, 0.15) is 62.3 Å². The van der Waals surface area contributed by atoms with Crippen molar-refractivity contribution >= 4 is 16.9 Å². The molecule has 1 aromatic heterocycles. The highest BCUT2D eigenvalue weighted by Crippen LogP contribution is 2.29. The lowest BCUT2D eigenvalue weighted by Gasteiger charge is -2.18. The Kier molecular flexibility index (Phi) is 12.1. The summed E-state index contributed by atoms with van der Waals surface area (Å²) in [6.07, 6.45) is 0.646. The molecule has 5 aromatic carbocycles. The maximum Gasteiger partial charge on any atom is 0.338 e. The van der Waals surface area contributed by atoms with Crippen LogP contribution in [0.25, 0.3) is 10.9 Å². The summed E-state index contributed by atoms with van der Waals surface area (Å²) in [4.78, 5) is 26.9. The van der Waals surface area contributed by atoms with Gasteiger partial charge in [0.15, 0.2) is 0 Å². The molecule has 5 N–H and O–H groups in total. The number of aliphatic hydroxyl groups excluding tert-OH is 1. The fraction of sp³-hybridized carbons (Fsp3) is 0.209. The Labute approximate surface area is 302 Å². The van der Waals surface area contributed by atoms with Crippen LogP contribution in [-0.4, -0.2) is 41.4 Å². The van der Waals surface area contributed by atoms with Crippen molar-refractivity contribution < 1.29 is 24.5 Å². The summed E-state index contributed by atoms with van der Waals surface area (Å²) in [7, 11) is 1.95. The van der Waals surface area contributed by atoms with Crippen molar-refractivity contribution in [1.29, 1.82) is 0 Å². The maximum atomic E-state index is 12.7. The van der Waals surface area contributed by atoms with E-state index in [1.807, 2.05) is 67.7 Å². The molecule has 1 heterocycles. The van der Waals surface area contributed by atoms with Gasteiger partial charge in [0.1, 0.15) is 18.1 Å². The van der Waals surface area contributed by atoms with Crippen LogP contribution < -0.4 is 20.9 Å². The molecular formula is C43H43N3O6. The van der Waals surface area contributed by atoms with Gasteiger partial charge in [0.25, 0.3) is 0 Å². The highest BCUT2D eigenvalue weighted by molar-refractivity contribution is 5.89. The third-order valence-electron chi connectivity index (χ3n) is 9.01. The van der Waals surface area contributed by atoms with Crippen LogP contribution in [-0.2, 0) is 24.3 Å². The molecule has 0 saturated heterocycles. The zero-order valence-corrected chi connectivity index (χ0v) is 29.0. The van der Waals surface area contributed by atoms with Crippen LogP contribution in [0.4, 0.5) is 0 Å². The lowest BCUT2D eigenvalue weighted by atomic mass is 9.99. The van der Waals surface area contributed by atoms with Gasteiger partial charge in [0, 0.05) is 24.5 Å². The van der Waals surface area contributed by atoms with Gasteiger partial charge < -0.3 is 35.3 Å². The van der Waals surface area contributed by atoms with Gasteiger partial charge in [-0.1, -0.05) is 84.9 Å². The predicted molar refractivity (Wildman–Crippen MR) is 203 cm³/mol. The molecule has 266 valence electrons. The fourth-order valence-electron chi connectivity index (χ4n) is 6.22. The molecule has 6 rings (SSSR count). The molecule has 0 radical (unpaired) electrons. The first-order chi connectivity index (χ1) is 25.4. The number of fused-ring (bicyclic) bond motifs is 1. The molecule has 0 spiro atoms. The van der Waals surface area contributed by atoms with E-state index in [-0.39, 0.29) is 23.3 Å². The number of benzene rings is 5. The summed E-state index contributed by atoms with van der Waals surface area (Å²) < 4.78 is 11.6. The Hall–Kier alpha value is -5.74. The zero-order chi connectivity index (χ0) is 36.3. The minimum absolute atomic E-state index is 0.0387. The minimum Gasteiger partial charge on any atom is -0.506 e. The first-order valence-electron chi connectivity index (χ1n) is 17.4. The van der Waals surface area contributed by atoms with Crippen LogP contribution in [0, 0.1) is 0 Å². The number of phenols is 1. The normalized spacial score (nSPS) is 12.3. The Bertz CT molecular complexity index is 2130. The third kappa shape index (κ3) is 9.32. The van der Waals surface area contributed by atoms with Gasteiger partial charge in [-0.2, -0.15) is 0 Å². The summed E-state index contributed by atoms with van der Waals surface area (Å²) in [5, 5.41) is 28.1. The monoisotopic (exact) mass is 697 g/mol. The molecular weight excluding hydrogens is 654 g/mol. The van der Waals surface area contributed by atoms with E-state index in [1.165, 1.54) is 17.7 Å². The Morgan fingerprint density at radius 3 is 2.31 bits per heavy atom.